The summed E-state index contributed by atoms with van der Waals surface area (Å²) in [6.45, 7) is 1.86. The molecule has 1 heterocycles. The number of hydrogen-bond donors (Lipinski definition) is 2. The third-order valence-electron chi connectivity index (χ3n) is 2.81. The van der Waals surface area contributed by atoms with E-state index >= 15 is 0 Å². The lowest BCUT2D eigenvalue weighted by atomic mass is 9.95. The Morgan fingerprint density at radius 1 is 1.27 bits per heavy atom. The predicted molar refractivity (Wildman–Crippen MR) is 61.7 cm³/mol. The Bertz CT molecular complexity index is 311. The van der Waals surface area contributed by atoms with Crippen molar-refractivity contribution < 1.29 is 0 Å². The van der Waals surface area contributed by atoms with Gasteiger partial charge in [-0.3, -0.25) is 0 Å². The number of nitrogen functional groups attached to an aromatic ring is 1. The molecule has 0 saturated heterocycles. The van der Waals surface area contributed by atoms with Crippen LogP contribution in [0.4, 0.5) is 11.6 Å². The van der Waals surface area contributed by atoms with Crippen LogP contribution in [-0.4, -0.2) is 16.0 Å². The van der Waals surface area contributed by atoms with Crippen molar-refractivity contribution in [2.75, 3.05) is 11.1 Å². The fraction of sp³-hybridized carbons (Fsp3) is 0.636. The zero-order chi connectivity index (χ0) is 10.7. The van der Waals surface area contributed by atoms with Crippen molar-refractivity contribution in [1.82, 2.24) is 9.97 Å². The molecule has 0 aromatic carbocycles. The van der Waals surface area contributed by atoms with E-state index in [1.54, 1.807) is 0 Å². The van der Waals surface area contributed by atoms with Crippen molar-refractivity contribution in [3.63, 3.8) is 0 Å². The minimum absolute atomic E-state index is 0.542. The van der Waals surface area contributed by atoms with Gasteiger partial charge in [0.2, 0.25) is 0 Å². The first-order valence-corrected chi connectivity index (χ1v) is 5.62. The van der Waals surface area contributed by atoms with Crippen LogP contribution in [0.2, 0.25) is 0 Å². The molecule has 15 heavy (non-hydrogen) atoms. The molecule has 0 bridgehead atoms. The maximum absolute atomic E-state index is 5.67. The zero-order valence-corrected chi connectivity index (χ0v) is 9.16. The molecule has 0 atom stereocenters. The summed E-state index contributed by atoms with van der Waals surface area (Å²) in [5.41, 5.74) is 5.67. The summed E-state index contributed by atoms with van der Waals surface area (Å²) >= 11 is 0. The van der Waals surface area contributed by atoms with E-state index in [9.17, 15) is 0 Å². The Labute approximate surface area is 90.3 Å². The Hall–Kier alpha value is -1.32. The number of aromatic nitrogens is 2. The van der Waals surface area contributed by atoms with Crippen LogP contribution in [0.1, 0.15) is 37.9 Å². The van der Waals surface area contributed by atoms with Crippen molar-refractivity contribution in [1.29, 1.82) is 0 Å². The second-order valence-corrected chi connectivity index (χ2v) is 4.20. The number of aryl methyl sites for hydroxylation is 1. The van der Waals surface area contributed by atoms with E-state index in [1.807, 2.05) is 13.0 Å². The van der Waals surface area contributed by atoms with E-state index < -0.39 is 0 Å². The second-order valence-electron chi connectivity index (χ2n) is 4.20. The number of rotatable bonds is 2. The summed E-state index contributed by atoms with van der Waals surface area (Å²) in [6.07, 6.45) is 6.48. The molecule has 1 aromatic rings. The van der Waals surface area contributed by atoms with Gasteiger partial charge in [-0.2, -0.15) is 0 Å². The van der Waals surface area contributed by atoms with E-state index in [-0.39, 0.29) is 0 Å². The van der Waals surface area contributed by atoms with Gasteiger partial charge in [0.15, 0.2) is 0 Å². The van der Waals surface area contributed by atoms with E-state index in [2.05, 4.69) is 15.3 Å². The highest BCUT2D eigenvalue weighted by molar-refractivity contribution is 5.45. The molecular formula is C11H18N4. The summed E-state index contributed by atoms with van der Waals surface area (Å²) in [5.74, 6) is 2.14. The lowest BCUT2D eigenvalue weighted by molar-refractivity contribution is 0.462. The first kappa shape index (κ1) is 10.2. The van der Waals surface area contributed by atoms with Crippen molar-refractivity contribution in [3.8, 4) is 0 Å². The lowest BCUT2D eigenvalue weighted by Crippen LogP contribution is -2.23. The molecule has 0 aliphatic heterocycles. The van der Waals surface area contributed by atoms with Crippen LogP contribution in [0, 0.1) is 6.92 Å². The van der Waals surface area contributed by atoms with Crippen LogP contribution < -0.4 is 11.1 Å². The molecule has 1 saturated carbocycles. The summed E-state index contributed by atoms with van der Waals surface area (Å²) in [4.78, 5) is 8.38. The van der Waals surface area contributed by atoms with Crippen molar-refractivity contribution >= 4 is 11.6 Å². The Kier molecular flexibility index (Phi) is 3.04. The summed E-state index contributed by atoms with van der Waals surface area (Å²) in [5, 5.41) is 3.43. The standard InChI is InChI=1S/C11H18N4/c1-8-13-10(12)7-11(14-8)15-9-5-3-2-4-6-9/h7,9H,2-6H2,1H3,(H3,12,13,14,15). The minimum atomic E-state index is 0.542. The Morgan fingerprint density at radius 2 is 2.00 bits per heavy atom. The highest BCUT2D eigenvalue weighted by Gasteiger charge is 2.13. The van der Waals surface area contributed by atoms with Crippen LogP contribution in [0.5, 0.6) is 0 Å². The molecule has 4 nitrogen and oxygen atoms in total. The van der Waals surface area contributed by atoms with E-state index in [1.165, 1.54) is 32.1 Å². The number of nitrogens with two attached hydrogens (primary N) is 1. The van der Waals surface area contributed by atoms with Crippen LogP contribution >= 0.6 is 0 Å². The van der Waals surface area contributed by atoms with Gasteiger partial charge in [-0.15, -0.1) is 0 Å². The van der Waals surface area contributed by atoms with Crippen LogP contribution in [0.3, 0.4) is 0 Å². The second kappa shape index (κ2) is 4.47. The number of hydrogen-bond acceptors (Lipinski definition) is 4. The number of nitrogens with one attached hydrogen (secondary N) is 1. The normalized spacial score (nSPS) is 17.7. The van der Waals surface area contributed by atoms with Crippen LogP contribution in [-0.2, 0) is 0 Å². The molecular weight excluding hydrogens is 188 g/mol. The molecule has 2 rings (SSSR count). The Balaban J connectivity index is 2.02. The van der Waals surface area contributed by atoms with Gasteiger partial charge in [-0.25, -0.2) is 9.97 Å². The molecule has 0 radical (unpaired) electrons. The maximum atomic E-state index is 5.67. The fourth-order valence-corrected chi connectivity index (χ4v) is 2.12. The highest BCUT2D eigenvalue weighted by atomic mass is 15.1. The van der Waals surface area contributed by atoms with E-state index in [0.717, 1.165) is 11.6 Å². The van der Waals surface area contributed by atoms with Gasteiger partial charge in [0.25, 0.3) is 0 Å². The summed E-state index contributed by atoms with van der Waals surface area (Å²) in [7, 11) is 0. The van der Waals surface area contributed by atoms with E-state index in [0.29, 0.717) is 11.9 Å². The SMILES string of the molecule is Cc1nc(N)cc(NC2CCCCC2)n1. The summed E-state index contributed by atoms with van der Waals surface area (Å²) < 4.78 is 0. The van der Waals surface area contributed by atoms with Gasteiger partial charge < -0.3 is 11.1 Å². The predicted octanol–water partition coefficient (Wildman–Crippen LogP) is 2.11. The molecule has 1 fully saturated rings. The first-order valence-electron chi connectivity index (χ1n) is 5.62. The first-order chi connectivity index (χ1) is 7.24. The molecule has 4 heteroatoms. The van der Waals surface area contributed by atoms with Gasteiger partial charge >= 0.3 is 0 Å². The average molecular weight is 206 g/mol. The summed E-state index contributed by atoms with van der Waals surface area (Å²) in [6, 6.07) is 2.37. The van der Waals surface area contributed by atoms with Gasteiger partial charge in [0.05, 0.1) is 0 Å². The van der Waals surface area contributed by atoms with Crippen LogP contribution in [0.25, 0.3) is 0 Å². The van der Waals surface area contributed by atoms with Gasteiger partial charge in [-0.05, 0) is 19.8 Å². The number of nitrogens with zero attached hydrogens (tertiary/aromatic N) is 2. The molecule has 1 aliphatic carbocycles. The monoisotopic (exact) mass is 206 g/mol. The quantitative estimate of drug-likeness (QED) is 0.778. The lowest BCUT2D eigenvalue weighted by Gasteiger charge is -2.23. The van der Waals surface area contributed by atoms with Crippen molar-refractivity contribution in [3.05, 3.63) is 11.9 Å². The fourth-order valence-electron chi connectivity index (χ4n) is 2.12. The topological polar surface area (TPSA) is 63.8 Å². The molecule has 1 aromatic heterocycles. The molecule has 82 valence electrons. The van der Waals surface area contributed by atoms with Gasteiger partial charge in [0, 0.05) is 12.1 Å². The van der Waals surface area contributed by atoms with Gasteiger partial charge in [-0.1, -0.05) is 19.3 Å². The zero-order valence-electron chi connectivity index (χ0n) is 9.16. The van der Waals surface area contributed by atoms with Gasteiger partial charge in [0.1, 0.15) is 17.5 Å². The number of anilines is 2. The van der Waals surface area contributed by atoms with E-state index in [4.69, 9.17) is 5.73 Å². The molecule has 3 N–H and O–H groups in total. The third-order valence-corrected chi connectivity index (χ3v) is 2.81. The van der Waals surface area contributed by atoms with Crippen molar-refractivity contribution in [2.24, 2.45) is 0 Å². The smallest absolute Gasteiger partial charge is 0.132 e. The largest absolute Gasteiger partial charge is 0.384 e. The average Bonchev–Trinajstić information content (AvgIpc) is 2.17. The molecule has 0 spiro atoms. The van der Waals surface area contributed by atoms with Crippen LogP contribution in [0.15, 0.2) is 6.07 Å². The third kappa shape index (κ3) is 2.81. The molecule has 0 amide bonds. The molecule has 1 aliphatic rings. The maximum Gasteiger partial charge on any atom is 0.132 e. The minimum Gasteiger partial charge on any atom is -0.384 e. The van der Waals surface area contributed by atoms with Crippen molar-refractivity contribution in [2.45, 2.75) is 45.1 Å². The molecule has 0 unspecified atom stereocenters. The highest BCUT2D eigenvalue weighted by Crippen LogP contribution is 2.21. The Morgan fingerprint density at radius 3 is 2.67 bits per heavy atom.